The summed E-state index contributed by atoms with van der Waals surface area (Å²) in [5.74, 6) is -1.23. The number of hydrogen-bond donors (Lipinski definition) is 3. The quantitative estimate of drug-likeness (QED) is 0.266. The van der Waals surface area contributed by atoms with Gasteiger partial charge in [-0.2, -0.15) is 0 Å². The molecule has 0 bridgehead atoms. The average molecular weight is 407 g/mol. The first-order valence-electron chi connectivity index (χ1n) is 6.69. The van der Waals surface area contributed by atoms with Gasteiger partial charge < -0.3 is 39.1 Å². The van der Waals surface area contributed by atoms with E-state index >= 15 is 0 Å². The van der Waals surface area contributed by atoms with E-state index in [9.17, 15) is 34.2 Å². The number of aliphatic hydroxyl groups excluding tert-OH is 2. The third-order valence-electron chi connectivity index (χ3n) is 2.73. The maximum Gasteiger partial charge on any atom is 1.00 e. The van der Waals surface area contributed by atoms with Crippen LogP contribution in [0.3, 0.4) is 0 Å². The number of Topliss-reactive ketones (excluding diaryl/α,β-unsaturated/α-hetero) is 1. The summed E-state index contributed by atoms with van der Waals surface area (Å²) in [4.78, 5) is 43.1. The molecule has 3 N–H and O–H groups in total. The van der Waals surface area contributed by atoms with E-state index in [1.165, 1.54) is 0 Å². The number of rotatable bonds is 9. The van der Waals surface area contributed by atoms with E-state index in [2.05, 4.69) is 9.84 Å². The molecule has 134 valence electrons. The fourth-order valence-electron chi connectivity index (χ4n) is 1.52. The second-order valence-electron chi connectivity index (χ2n) is 4.64. The summed E-state index contributed by atoms with van der Waals surface area (Å²) in [7, 11) is -5.36. The van der Waals surface area contributed by atoms with Gasteiger partial charge in [0.25, 0.3) is 0 Å². The average Bonchev–Trinajstić information content (AvgIpc) is 2.55. The van der Waals surface area contributed by atoms with Gasteiger partial charge in [-0.05, 0) is 5.56 Å². The zero-order valence-electron chi connectivity index (χ0n) is 14.4. The number of ketones is 1. The number of alkyl carbamates (subject to hydrolysis) is 1. The largest absolute Gasteiger partial charge is 1.00 e. The molecule has 0 aliphatic carbocycles. The van der Waals surface area contributed by atoms with Gasteiger partial charge in [-0.25, -0.2) is 4.79 Å². The summed E-state index contributed by atoms with van der Waals surface area (Å²) < 4.78 is 18.7. The number of phosphoric acid groups is 1. The SMILES string of the molecule is O=C(NC[C@H](O)[C@@H](O)C(=O)COP(=O)([O-])[O-])OCc1ccccc1.[Na+].[Na+]. The maximum absolute atomic E-state index is 11.4. The maximum atomic E-state index is 11.4. The van der Waals surface area contributed by atoms with Crippen molar-refractivity contribution in [2.45, 2.75) is 18.8 Å². The Hall–Kier alpha value is 0.190. The number of hydrogen-bond acceptors (Lipinski definition) is 9. The van der Waals surface area contributed by atoms with Gasteiger partial charge in [0.15, 0.2) is 5.78 Å². The smallest absolute Gasteiger partial charge is 0.790 e. The minimum absolute atomic E-state index is 0. The number of phosphoric ester groups is 1. The van der Waals surface area contributed by atoms with Crippen molar-refractivity contribution in [1.82, 2.24) is 5.32 Å². The number of nitrogens with one attached hydrogen (secondary N) is 1. The molecule has 13 heteroatoms. The molecule has 1 aromatic carbocycles. The van der Waals surface area contributed by atoms with Crippen molar-refractivity contribution in [3.05, 3.63) is 35.9 Å². The van der Waals surface area contributed by atoms with Gasteiger partial charge in [0.05, 0.1) is 7.82 Å². The molecule has 0 fully saturated rings. The minimum atomic E-state index is -5.36. The van der Waals surface area contributed by atoms with Crippen LogP contribution < -0.4 is 74.2 Å². The van der Waals surface area contributed by atoms with Gasteiger partial charge in [0.2, 0.25) is 0 Å². The second kappa shape index (κ2) is 14.2. The minimum Gasteiger partial charge on any atom is -0.790 e. The molecule has 1 aromatic rings. The van der Waals surface area contributed by atoms with E-state index in [-0.39, 0.29) is 65.7 Å². The Morgan fingerprint density at radius 2 is 1.73 bits per heavy atom. The van der Waals surface area contributed by atoms with Gasteiger partial charge in [0, 0.05) is 6.54 Å². The molecule has 1 amide bonds. The molecule has 0 aliphatic rings. The number of amides is 1. The predicted octanol–water partition coefficient (Wildman–Crippen LogP) is -7.94. The van der Waals surface area contributed by atoms with Gasteiger partial charge in [0.1, 0.15) is 25.4 Å². The molecular formula is C13H16NNa2O9P. The Morgan fingerprint density at radius 1 is 1.15 bits per heavy atom. The molecule has 0 radical (unpaired) electrons. The zero-order chi connectivity index (χ0) is 18.2. The van der Waals surface area contributed by atoms with Crippen LogP contribution in [0.1, 0.15) is 5.56 Å². The molecular weight excluding hydrogens is 391 g/mol. The number of ether oxygens (including phenoxy) is 1. The van der Waals surface area contributed by atoms with Crippen LogP contribution >= 0.6 is 7.82 Å². The Morgan fingerprint density at radius 3 is 2.27 bits per heavy atom. The third-order valence-corrected chi connectivity index (χ3v) is 3.17. The molecule has 2 atom stereocenters. The number of carbonyl (C=O) groups is 2. The summed E-state index contributed by atoms with van der Waals surface area (Å²) >= 11 is 0. The first kappa shape index (κ1) is 28.4. The van der Waals surface area contributed by atoms with Crippen molar-refractivity contribution < 1.29 is 103 Å². The van der Waals surface area contributed by atoms with Crippen LogP contribution in [0, 0.1) is 0 Å². The Bertz CT molecular complexity index is 599. The van der Waals surface area contributed by atoms with Crippen molar-refractivity contribution in [3.63, 3.8) is 0 Å². The number of aliphatic hydroxyl groups is 2. The third kappa shape index (κ3) is 12.6. The van der Waals surface area contributed by atoms with Crippen molar-refractivity contribution in [3.8, 4) is 0 Å². The van der Waals surface area contributed by atoms with Gasteiger partial charge in [-0.1, -0.05) is 30.3 Å². The predicted molar refractivity (Wildman–Crippen MR) is 75.2 cm³/mol. The van der Waals surface area contributed by atoms with Crippen molar-refractivity contribution in [1.29, 1.82) is 0 Å². The monoisotopic (exact) mass is 407 g/mol. The van der Waals surface area contributed by atoms with Crippen LogP contribution in [0.4, 0.5) is 4.79 Å². The molecule has 1 rings (SSSR count). The molecule has 0 aromatic heterocycles. The molecule has 10 nitrogen and oxygen atoms in total. The standard InChI is InChI=1S/C13H18NO9P.2Na/c15-10(12(17)11(16)8-23-24(19,20)21)6-14-13(18)22-7-9-4-2-1-3-5-9;;/h1-5,10,12,15,17H,6-8H2,(H,14,18)(H2,19,20,21);;/q;2*+1/p-2/t10-,12+;;/m0../s1. The first-order valence-corrected chi connectivity index (χ1v) is 8.15. The van der Waals surface area contributed by atoms with Gasteiger partial charge in [-0.15, -0.1) is 0 Å². The van der Waals surface area contributed by atoms with E-state index in [0.717, 1.165) is 5.56 Å². The second-order valence-corrected chi connectivity index (χ2v) is 5.79. The van der Waals surface area contributed by atoms with Crippen LogP contribution in [0.25, 0.3) is 0 Å². The zero-order valence-corrected chi connectivity index (χ0v) is 19.3. The Labute approximate surface area is 194 Å². The van der Waals surface area contributed by atoms with E-state index < -0.39 is 45.1 Å². The molecule has 0 saturated heterocycles. The fourth-order valence-corrected chi connectivity index (χ4v) is 1.80. The number of carbonyl (C=O) groups excluding carboxylic acids is 2. The van der Waals surface area contributed by atoms with E-state index in [0.29, 0.717) is 0 Å². The van der Waals surface area contributed by atoms with Crippen LogP contribution in [0.15, 0.2) is 30.3 Å². The summed E-state index contributed by atoms with van der Waals surface area (Å²) in [5, 5.41) is 21.1. The fraction of sp³-hybridized carbons (Fsp3) is 0.385. The van der Waals surface area contributed by atoms with Gasteiger partial charge in [-0.3, -0.25) is 4.79 Å². The van der Waals surface area contributed by atoms with E-state index in [1.54, 1.807) is 30.3 Å². The normalized spacial score (nSPS) is 12.8. The van der Waals surface area contributed by atoms with Crippen molar-refractivity contribution in [2.75, 3.05) is 13.2 Å². The van der Waals surface area contributed by atoms with Crippen LogP contribution in [-0.4, -0.2) is 47.4 Å². The molecule has 0 spiro atoms. The first-order chi connectivity index (χ1) is 11.2. The summed E-state index contributed by atoms with van der Waals surface area (Å²) in [5.41, 5.74) is 0.736. The molecule has 0 saturated carbocycles. The van der Waals surface area contributed by atoms with Crippen molar-refractivity contribution >= 4 is 19.7 Å². The van der Waals surface area contributed by atoms with Crippen LogP contribution in [-0.2, 0) is 25.2 Å². The van der Waals surface area contributed by atoms with E-state index in [1.807, 2.05) is 0 Å². The van der Waals surface area contributed by atoms with Crippen LogP contribution in [0.2, 0.25) is 0 Å². The summed E-state index contributed by atoms with van der Waals surface area (Å²) in [6, 6.07) is 8.77. The van der Waals surface area contributed by atoms with E-state index in [4.69, 9.17) is 4.74 Å². The summed E-state index contributed by atoms with van der Waals surface area (Å²) in [6.45, 7) is -1.76. The molecule has 26 heavy (non-hydrogen) atoms. The van der Waals surface area contributed by atoms with Crippen LogP contribution in [0.5, 0.6) is 0 Å². The topological polar surface area (TPSA) is 168 Å². The van der Waals surface area contributed by atoms with Gasteiger partial charge >= 0.3 is 65.2 Å². The van der Waals surface area contributed by atoms with Crippen molar-refractivity contribution in [2.24, 2.45) is 0 Å². The molecule has 0 aliphatic heterocycles. The molecule has 0 heterocycles. The Balaban J connectivity index is 0. The summed E-state index contributed by atoms with van der Waals surface area (Å²) in [6.07, 6.45) is -4.66. The molecule has 0 unspecified atom stereocenters. The Kier molecular flexibility index (Phi) is 15.5. The number of benzene rings is 1.